The average Bonchev–Trinajstić information content (AvgIpc) is 3.07. The van der Waals surface area contributed by atoms with Gasteiger partial charge in [-0.3, -0.25) is 9.69 Å². The highest BCUT2D eigenvalue weighted by atomic mass is 32.1. The number of hydrogen-bond donors (Lipinski definition) is 0. The number of amides is 1. The smallest absolute Gasteiger partial charge is 0.225 e. The molecule has 0 atom stereocenters. The third-order valence-electron chi connectivity index (χ3n) is 5.77. The fraction of sp³-hybridized carbons (Fsp3) is 0.591. The summed E-state index contributed by atoms with van der Waals surface area (Å²) >= 11 is 5.70. The molecule has 0 radical (unpaired) electrons. The van der Waals surface area contributed by atoms with Crippen LogP contribution in [0.3, 0.4) is 0 Å². The molecule has 1 aliphatic rings. The van der Waals surface area contributed by atoms with Gasteiger partial charge >= 0.3 is 0 Å². The predicted octanol–water partition coefficient (Wildman–Crippen LogP) is 4.03. The first-order valence-electron chi connectivity index (χ1n) is 10.8. The molecule has 2 aromatic rings. The monoisotopic (exact) mass is 415 g/mol. The second kappa shape index (κ2) is 10.2. The molecule has 0 unspecified atom stereocenters. The van der Waals surface area contributed by atoms with Gasteiger partial charge in [-0.25, -0.2) is 4.68 Å². The van der Waals surface area contributed by atoms with Gasteiger partial charge in [-0.05, 0) is 38.4 Å². The Morgan fingerprint density at radius 1 is 1.21 bits per heavy atom. The molecule has 0 saturated carbocycles. The van der Waals surface area contributed by atoms with E-state index >= 15 is 0 Å². The van der Waals surface area contributed by atoms with Crippen molar-refractivity contribution < 1.29 is 4.79 Å². The van der Waals surface area contributed by atoms with Crippen LogP contribution in [0.25, 0.3) is 11.4 Å². The number of piperidine rings is 1. The Labute approximate surface area is 179 Å². The first-order valence-corrected chi connectivity index (χ1v) is 11.2. The summed E-state index contributed by atoms with van der Waals surface area (Å²) in [7, 11) is 1.94. The quantitative estimate of drug-likeness (QED) is 0.611. The number of benzene rings is 1. The second-order valence-corrected chi connectivity index (χ2v) is 8.23. The minimum atomic E-state index is 0.147. The number of aromatic nitrogens is 3. The van der Waals surface area contributed by atoms with E-state index in [-0.39, 0.29) is 5.92 Å². The van der Waals surface area contributed by atoms with Crippen molar-refractivity contribution >= 4 is 18.1 Å². The van der Waals surface area contributed by atoms with E-state index in [1.54, 1.807) is 0 Å². The lowest BCUT2D eigenvalue weighted by atomic mass is 9.95. The summed E-state index contributed by atoms with van der Waals surface area (Å²) in [4.78, 5) is 16.9. The van der Waals surface area contributed by atoms with Crippen LogP contribution in [0.1, 0.15) is 39.5 Å². The molecule has 158 valence electrons. The molecule has 0 spiro atoms. The van der Waals surface area contributed by atoms with Gasteiger partial charge in [0.25, 0.3) is 0 Å². The Bertz CT molecular complexity index is 852. The van der Waals surface area contributed by atoms with E-state index in [1.165, 1.54) is 0 Å². The molecule has 2 heterocycles. The van der Waals surface area contributed by atoms with Gasteiger partial charge < -0.3 is 9.47 Å². The minimum absolute atomic E-state index is 0.147. The van der Waals surface area contributed by atoms with Gasteiger partial charge in [0.15, 0.2) is 10.6 Å². The molecule has 1 aromatic heterocycles. The van der Waals surface area contributed by atoms with Crippen molar-refractivity contribution in [1.82, 2.24) is 24.1 Å². The maximum atomic E-state index is 12.6. The third kappa shape index (κ3) is 5.14. The van der Waals surface area contributed by atoms with Crippen molar-refractivity contribution in [3.8, 4) is 11.4 Å². The Hall–Kier alpha value is -1.99. The van der Waals surface area contributed by atoms with Gasteiger partial charge in [0.2, 0.25) is 5.91 Å². The molecule has 1 aromatic carbocycles. The molecular formula is C22H33N5OS. The standard InChI is InChI=1S/C22H33N5OS/c1-4-6-14-24(3)21(28)19-12-15-25(16-13-19)17-27-22(29)26(5-2)20(23-27)18-10-8-7-9-11-18/h7-11,19H,4-6,12-17H2,1-3H3. The summed E-state index contributed by atoms with van der Waals surface area (Å²) in [6.07, 6.45) is 4.00. The molecule has 0 aliphatic carbocycles. The number of nitrogens with zero attached hydrogens (tertiary/aromatic N) is 5. The summed E-state index contributed by atoms with van der Waals surface area (Å²) in [6, 6.07) is 10.2. The van der Waals surface area contributed by atoms with E-state index in [2.05, 4.69) is 35.4 Å². The highest BCUT2D eigenvalue weighted by Gasteiger charge is 2.27. The first-order chi connectivity index (χ1) is 14.0. The van der Waals surface area contributed by atoms with Gasteiger partial charge in [0, 0.05) is 44.7 Å². The Morgan fingerprint density at radius 3 is 2.52 bits per heavy atom. The fourth-order valence-corrected chi connectivity index (χ4v) is 4.26. The lowest BCUT2D eigenvalue weighted by Crippen LogP contribution is -2.42. The molecule has 29 heavy (non-hydrogen) atoms. The zero-order chi connectivity index (χ0) is 20.8. The van der Waals surface area contributed by atoms with E-state index in [0.29, 0.717) is 12.6 Å². The molecule has 1 aliphatic heterocycles. The molecule has 1 saturated heterocycles. The predicted molar refractivity (Wildman–Crippen MR) is 119 cm³/mol. The highest BCUT2D eigenvalue weighted by Crippen LogP contribution is 2.22. The minimum Gasteiger partial charge on any atom is -0.346 e. The first kappa shape index (κ1) is 21.7. The molecule has 0 N–H and O–H groups in total. The number of carbonyl (C=O) groups excluding carboxylic acids is 1. The van der Waals surface area contributed by atoms with Crippen molar-refractivity contribution in [3.05, 3.63) is 35.1 Å². The lowest BCUT2D eigenvalue weighted by molar-refractivity contribution is -0.135. The van der Waals surface area contributed by atoms with Crippen LogP contribution < -0.4 is 0 Å². The van der Waals surface area contributed by atoms with Crippen LogP contribution in [-0.4, -0.2) is 56.7 Å². The molecular weight excluding hydrogens is 382 g/mol. The SMILES string of the molecule is CCCCN(C)C(=O)C1CCN(Cn2nc(-c3ccccc3)n(CC)c2=S)CC1. The second-order valence-electron chi connectivity index (χ2n) is 7.86. The van der Waals surface area contributed by atoms with Crippen molar-refractivity contribution in [1.29, 1.82) is 0 Å². The normalized spacial score (nSPS) is 15.6. The number of unbranched alkanes of at least 4 members (excludes halogenated alkanes) is 1. The van der Waals surface area contributed by atoms with Crippen molar-refractivity contribution in [2.45, 2.75) is 52.7 Å². The van der Waals surface area contributed by atoms with E-state index in [4.69, 9.17) is 17.3 Å². The molecule has 3 rings (SSSR count). The fourth-order valence-electron chi connectivity index (χ4n) is 3.95. The van der Waals surface area contributed by atoms with E-state index < -0.39 is 0 Å². The summed E-state index contributed by atoms with van der Waals surface area (Å²) in [5.41, 5.74) is 1.08. The van der Waals surface area contributed by atoms with Gasteiger partial charge in [-0.1, -0.05) is 43.7 Å². The molecule has 1 fully saturated rings. The van der Waals surface area contributed by atoms with Crippen molar-refractivity contribution in [3.63, 3.8) is 0 Å². The molecule has 6 nitrogen and oxygen atoms in total. The Morgan fingerprint density at radius 2 is 1.90 bits per heavy atom. The maximum absolute atomic E-state index is 12.6. The van der Waals surface area contributed by atoms with Crippen LogP contribution in [0.15, 0.2) is 30.3 Å². The number of hydrogen-bond acceptors (Lipinski definition) is 4. The van der Waals surface area contributed by atoms with Crippen LogP contribution in [0.2, 0.25) is 0 Å². The number of likely N-dealkylation sites (tertiary alicyclic amines) is 1. The van der Waals surface area contributed by atoms with Crippen molar-refractivity contribution in [2.24, 2.45) is 5.92 Å². The van der Waals surface area contributed by atoms with Crippen LogP contribution in [0.4, 0.5) is 0 Å². The molecule has 7 heteroatoms. The third-order valence-corrected chi connectivity index (χ3v) is 6.20. The van der Waals surface area contributed by atoms with Gasteiger partial charge in [0.05, 0.1) is 6.67 Å². The zero-order valence-electron chi connectivity index (χ0n) is 17.9. The van der Waals surface area contributed by atoms with Crippen molar-refractivity contribution in [2.75, 3.05) is 26.7 Å². The van der Waals surface area contributed by atoms with Crippen LogP contribution in [-0.2, 0) is 18.0 Å². The summed E-state index contributed by atoms with van der Waals surface area (Å²) < 4.78 is 4.77. The Kier molecular flexibility index (Phi) is 7.61. The van der Waals surface area contributed by atoms with E-state index in [1.807, 2.05) is 34.8 Å². The zero-order valence-corrected chi connectivity index (χ0v) is 18.7. The summed E-state index contributed by atoms with van der Waals surface area (Å²) in [5, 5.41) is 4.82. The highest BCUT2D eigenvalue weighted by molar-refractivity contribution is 7.71. The Balaban J connectivity index is 1.63. The average molecular weight is 416 g/mol. The molecule has 1 amide bonds. The maximum Gasteiger partial charge on any atom is 0.225 e. The lowest BCUT2D eigenvalue weighted by Gasteiger charge is -2.32. The summed E-state index contributed by atoms with van der Waals surface area (Å²) in [6.45, 7) is 8.40. The van der Waals surface area contributed by atoms with E-state index in [0.717, 1.165) is 68.0 Å². The summed E-state index contributed by atoms with van der Waals surface area (Å²) in [5.74, 6) is 1.37. The van der Waals surface area contributed by atoms with Gasteiger partial charge in [-0.15, -0.1) is 0 Å². The van der Waals surface area contributed by atoms with Crippen LogP contribution in [0, 0.1) is 10.7 Å². The van der Waals surface area contributed by atoms with Crippen LogP contribution >= 0.6 is 12.2 Å². The number of rotatable bonds is 8. The molecule has 0 bridgehead atoms. The van der Waals surface area contributed by atoms with E-state index in [9.17, 15) is 4.79 Å². The largest absolute Gasteiger partial charge is 0.346 e. The number of carbonyl (C=O) groups is 1. The topological polar surface area (TPSA) is 46.3 Å². The van der Waals surface area contributed by atoms with Gasteiger partial charge in [-0.2, -0.15) is 5.10 Å². The van der Waals surface area contributed by atoms with Gasteiger partial charge in [0.1, 0.15) is 0 Å². The van der Waals surface area contributed by atoms with Crippen LogP contribution in [0.5, 0.6) is 0 Å².